The lowest BCUT2D eigenvalue weighted by Crippen LogP contribution is -2.06. The van der Waals surface area contributed by atoms with Crippen molar-refractivity contribution in [3.8, 4) is 5.82 Å². The Morgan fingerprint density at radius 1 is 1.28 bits per heavy atom. The van der Waals surface area contributed by atoms with Crippen molar-refractivity contribution < 1.29 is 0 Å². The molecule has 0 aliphatic heterocycles. The predicted molar refractivity (Wildman–Crippen MR) is 72.7 cm³/mol. The molecule has 0 fully saturated rings. The lowest BCUT2D eigenvalue weighted by atomic mass is 10.1. The van der Waals surface area contributed by atoms with Gasteiger partial charge in [0.2, 0.25) is 0 Å². The first kappa shape index (κ1) is 12.8. The molecule has 2 rings (SSSR count). The maximum absolute atomic E-state index is 5.85. The zero-order valence-corrected chi connectivity index (χ0v) is 11.3. The minimum Gasteiger partial charge on any atom is -0.326 e. The van der Waals surface area contributed by atoms with E-state index in [9.17, 15) is 0 Å². The SMILES string of the molecule is CCc1nn(-c2cc(C)ccn2)c(CC)c1CN. The fourth-order valence-corrected chi connectivity index (χ4v) is 2.24. The summed E-state index contributed by atoms with van der Waals surface area (Å²) in [6.45, 7) is 6.83. The molecular formula is C14H20N4. The fraction of sp³-hybridized carbons (Fsp3) is 0.429. The van der Waals surface area contributed by atoms with Gasteiger partial charge in [-0.15, -0.1) is 0 Å². The Kier molecular flexibility index (Phi) is 3.77. The maximum atomic E-state index is 5.85. The highest BCUT2D eigenvalue weighted by atomic mass is 15.3. The van der Waals surface area contributed by atoms with E-state index in [1.54, 1.807) is 0 Å². The van der Waals surface area contributed by atoms with Crippen LogP contribution in [0, 0.1) is 6.92 Å². The van der Waals surface area contributed by atoms with Gasteiger partial charge in [-0.25, -0.2) is 9.67 Å². The lowest BCUT2D eigenvalue weighted by molar-refractivity contribution is 0.770. The van der Waals surface area contributed by atoms with E-state index in [0.717, 1.165) is 24.4 Å². The van der Waals surface area contributed by atoms with E-state index in [4.69, 9.17) is 5.73 Å². The second-order valence-corrected chi connectivity index (χ2v) is 4.39. The van der Waals surface area contributed by atoms with Crippen LogP contribution in [0.3, 0.4) is 0 Å². The molecule has 2 N–H and O–H groups in total. The van der Waals surface area contributed by atoms with Crippen molar-refractivity contribution in [1.29, 1.82) is 0 Å². The first-order chi connectivity index (χ1) is 8.71. The van der Waals surface area contributed by atoms with Crippen LogP contribution in [0.25, 0.3) is 5.82 Å². The Morgan fingerprint density at radius 2 is 2.06 bits per heavy atom. The molecule has 4 nitrogen and oxygen atoms in total. The summed E-state index contributed by atoms with van der Waals surface area (Å²) >= 11 is 0. The third-order valence-electron chi connectivity index (χ3n) is 3.16. The first-order valence-electron chi connectivity index (χ1n) is 6.44. The van der Waals surface area contributed by atoms with Crippen LogP contribution < -0.4 is 5.73 Å². The molecule has 4 heteroatoms. The number of aryl methyl sites for hydroxylation is 2. The number of rotatable bonds is 4. The molecular weight excluding hydrogens is 224 g/mol. The zero-order chi connectivity index (χ0) is 13.1. The molecule has 0 aliphatic carbocycles. The summed E-state index contributed by atoms with van der Waals surface area (Å²) in [7, 11) is 0. The Morgan fingerprint density at radius 3 is 2.61 bits per heavy atom. The van der Waals surface area contributed by atoms with Gasteiger partial charge in [0.15, 0.2) is 5.82 Å². The summed E-state index contributed by atoms with van der Waals surface area (Å²) in [5.41, 5.74) is 10.5. The van der Waals surface area contributed by atoms with Crippen LogP contribution in [-0.4, -0.2) is 14.8 Å². The number of nitrogens with zero attached hydrogens (tertiary/aromatic N) is 3. The van der Waals surface area contributed by atoms with Crippen LogP contribution in [0.4, 0.5) is 0 Å². The standard InChI is InChI=1S/C14H20N4/c1-4-12-11(9-15)13(5-2)18(17-12)14-8-10(3)6-7-16-14/h6-8H,4-5,9,15H2,1-3H3. The van der Waals surface area contributed by atoms with Gasteiger partial charge >= 0.3 is 0 Å². The number of nitrogens with two attached hydrogens (primary N) is 1. The van der Waals surface area contributed by atoms with Gasteiger partial charge in [-0.05, 0) is 37.5 Å². The summed E-state index contributed by atoms with van der Waals surface area (Å²) in [6.07, 6.45) is 3.63. The average molecular weight is 244 g/mol. The number of hydrogen-bond acceptors (Lipinski definition) is 3. The molecule has 0 amide bonds. The van der Waals surface area contributed by atoms with E-state index in [1.807, 2.05) is 23.0 Å². The molecule has 0 saturated heterocycles. The van der Waals surface area contributed by atoms with Crippen LogP contribution in [0.15, 0.2) is 18.3 Å². The summed E-state index contributed by atoms with van der Waals surface area (Å²) in [6, 6.07) is 4.04. The Labute approximate surface area is 108 Å². The molecule has 2 aromatic rings. The molecule has 0 radical (unpaired) electrons. The normalized spacial score (nSPS) is 10.9. The van der Waals surface area contributed by atoms with E-state index in [-0.39, 0.29) is 0 Å². The van der Waals surface area contributed by atoms with Gasteiger partial charge in [-0.2, -0.15) is 5.10 Å². The van der Waals surface area contributed by atoms with Crippen molar-refractivity contribution in [1.82, 2.24) is 14.8 Å². The molecule has 96 valence electrons. The largest absolute Gasteiger partial charge is 0.326 e. The maximum Gasteiger partial charge on any atom is 0.153 e. The molecule has 2 aromatic heterocycles. The summed E-state index contributed by atoms with van der Waals surface area (Å²) in [4.78, 5) is 4.40. The van der Waals surface area contributed by atoms with Crippen molar-refractivity contribution in [2.24, 2.45) is 5.73 Å². The third kappa shape index (κ3) is 2.16. The quantitative estimate of drug-likeness (QED) is 0.896. The van der Waals surface area contributed by atoms with Gasteiger partial charge in [-0.3, -0.25) is 0 Å². The number of pyridine rings is 1. The molecule has 0 bridgehead atoms. The van der Waals surface area contributed by atoms with Crippen molar-refractivity contribution in [3.63, 3.8) is 0 Å². The van der Waals surface area contributed by atoms with Gasteiger partial charge in [0.1, 0.15) is 0 Å². The van der Waals surface area contributed by atoms with E-state index in [0.29, 0.717) is 6.54 Å². The number of hydrogen-bond donors (Lipinski definition) is 1. The second-order valence-electron chi connectivity index (χ2n) is 4.39. The number of aromatic nitrogens is 3. The smallest absolute Gasteiger partial charge is 0.153 e. The monoisotopic (exact) mass is 244 g/mol. The molecule has 18 heavy (non-hydrogen) atoms. The van der Waals surface area contributed by atoms with Crippen molar-refractivity contribution in [2.45, 2.75) is 40.2 Å². The van der Waals surface area contributed by atoms with Gasteiger partial charge in [0.05, 0.1) is 11.4 Å². The highest BCUT2D eigenvalue weighted by Crippen LogP contribution is 2.19. The molecule has 0 aromatic carbocycles. The summed E-state index contributed by atoms with van der Waals surface area (Å²) in [5, 5.41) is 4.66. The topological polar surface area (TPSA) is 56.7 Å². The molecule has 0 spiro atoms. The Hall–Kier alpha value is -1.68. The molecule has 2 heterocycles. The predicted octanol–water partition coefficient (Wildman–Crippen LogP) is 2.16. The summed E-state index contributed by atoms with van der Waals surface area (Å²) in [5.74, 6) is 0.876. The molecule has 0 saturated carbocycles. The van der Waals surface area contributed by atoms with E-state index < -0.39 is 0 Å². The van der Waals surface area contributed by atoms with Crippen molar-refractivity contribution >= 4 is 0 Å². The zero-order valence-electron chi connectivity index (χ0n) is 11.3. The van der Waals surface area contributed by atoms with Gasteiger partial charge in [0, 0.05) is 18.3 Å². The second kappa shape index (κ2) is 5.31. The van der Waals surface area contributed by atoms with Gasteiger partial charge in [0.25, 0.3) is 0 Å². The van der Waals surface area contributed by atoms with E-state index in [1.165, 1.54) is 16.8 Å². The van der Waals surface area contributed by atoms with Gasteiger partial charge < -0.3 is 5.73 Å². The van der Waals surface area contributed by atoms with Crippen LogP contribution in [0.1, 0.15) is 36.4 Å². The van der Waals surface area contributed by atoms with Crippen LogP contribution in [0.5, 0.6) is 0 Å². The Balaban J connectivity index is 2.60. The molecule has 0 atom stereocenters. The average Bonchev–Trinajstić information content (AvgIpc) is 2.76. The van der Waals surface area contributed by atoms with Crippen LogP contribution >= 0.6 is 0 Å². The van der Waals surface area contributed by atoms with Crippen molar-refractivity contribution in [3.05, 3.63) is 40.8 Å². The summed E-state index contributed by atoms with van der Waals surface area (Å²) < 4.78 is 1.94. The highest BCUT2D eigenvalue weighted by Gasteiger charge is 2.15. The van der Waals surface area contributed by atoms with Crippen LogP contribution in [-0.2, 0) is 19.4 Å². The molecule has 0 aliphatic rings. The van der Waals surface area contributed by atoms with Crippen molar-refractivity contribution in [2.75, 3.05) is 0 Å². The van der Waals surface area contributed by atoms with Gasteiger partial charge in [-0.1, -0.05) is 13.8 Å². The minimum atomic E-state index is 0.540. The van der Waals surface area contributed by atoms with E-state index >= 15 is 0 Å². The Bertz CT molecular complexity index is 543. The minimum absolute atomic E-state index is 0.540. The first-order valence-corrected chi connectivity index (χ1v) is 6.44. The van der Waals surface area contributed by atoms with Crippen LogP contribution in [0.2, 0.25) is 0 Å². The van der Waals surface area contributed by atoms with E-state index in [2.05, 4.69) is 30.9 Å². The lowest BCUT2D eigenvalue weighted by Gasteiger charge is -2.06. The molecule has 0 unspecified atom stereocenters. The highest BCUT2D eigenvalue weighted by molar-refractivity contribution is 5.35. The third-order valence-corrected chi connectivity index (χ3v) is 3.16. The fourth-order valence-electron chi connectivity index (χ4n) is 2.24.